The lowest BCUT2D eigenvalue weighted by molar-refractivity contribution is -0.660. The highest BCUT2D eigenvalue weighted by atomic mass is 16.3. The number of nitrogens with zero attached hydrogens (tertiary/aromatic N) is 2. The van der Waals surface area contributed by atoms with Crippen molar-refractivity contribution < 1.29 is 14.5 Å². The molecule has 0 fully saturated rings. The summed E-state index contributed by atoms with van der Waals surface area (Å²) in [6.45, 7) is 8.86. The monoisotopic (exact) mass is 331 g/mol. The van der Waals surface area contributed by atoms with E-state index in [9.17, 15) is 0 Å². The molecule has 0 aliphatic rings. The van der Waals surface area contributed by atoms with Gasteiger partial charge in [-0.1, -0.05) is 18.2 Å². The molecule has 0 saturated heterocycles. The molecule has 0 N–H and O–H groups in total. The molecule has 0 saturated carbocycles. The number of hydrogen-bond donors (Lipinski definition) is 0. The zero-order chi connectivity index (χ0) is 21.1. The molecule has 4 rings (SSSR count). The Balaban J connectivity index is 2.07. The van der Waals surface area contributed by atoms with Crippen molar-refractivity contribution in [3.63, 3.8) is 0 Å². The molecule has 3 heteroatoms. The van der Waals surface area contributed by atoms with Gasteiger partial charge in [-0.3, -0.25) is 0 Å². The van der Waals surface area contributed by atoms with Crippen molar-refractivity contribution in [2.24, 2.45) is 7.05 Å². The van der Waals surface area contributed by atoms with Crippen LogP contribution in [0.2, 0.25) is 0 Å². The first-order valence-electron chi connectivity index (χ1n) is 9.98. The maximum atomic E-state index is 8.35. The van der Waals surface area contributed by atoms with Gasteiger partial charge in [-0.15, -0.1) is 0 Å². The first kappa shape index (κ1) is 11.4. The minimum absolute atomic E-state index is 0.00973. The van der Waals surface area contributed by atoms with Crippen LogP contribution in [0.4, 0.5) is 5.69 Å². The summed E-state index contributed by atoms with van der Waals surface area (Å²) < 4.78 is 39.0. The smallest absolute Gasteiger partial charge is 0.216 e. The van der Waals surface area contributed by atoms with E-state index in [1.165, 1.54) is 6.07 Å². The van der Waals surface area contributed by atoms with E-state index < -0.39 is 6.85 Å². The third kappa shape index (κ3) is 2.30. The molecule has 0 amide bonds. The SMILES string of the molecule is [2H]c1c(C([2H])([2H])[2H])ccc(-c2c(C)ccc3c2oc2cc([N+]#[C-])c(C)cc23)[n+]1C. The Bertz CT molecular complexity index is 1340. The van der Waals surface area contributed by atoms with E-state index in [2.05, 4.69) is 4.85 Å². The van der Waals surface area contributed by atoms with E-state index in [0.717, 1.165) is 27.5 Å². The topological polar surface area (TPSA) is 21.4 Å². The molecular formula is C22H19N2O+. The fraction of sp³-hybridized carbons (Fsp3) is 0.182. The number of hydrogen-bond acceptors (Lipinski definition) is 1. The second kappa shape index (κ2) is 5.46. The minimum atomic E-state index is -2.35. The van der Waals surface area contributed by atoms with E-state index >= 15 is 0 Å². The van der Waals surface area contributed by atoms with Crippen molar-refractivity contribution in [2.45, 2.75) is 20.7 Å². The lowest BCUT2D eigenvalue weighted by Gasteiger charge is -2.05. The molecule has 25 heavy (non-hydrogen) atoms. The van der Waals surface area contributed by atoms with Crippen molar-refractivity contribution in [2.75, 3.05) is 0 Å². The van der Waals surface area contributed by atoms with Crippen LogP contribution in [-0.4, -0.2) is 0 Å². The van der Waals surface area contributed by atoms with Crippen LogP contribution in [0.3, 0.4) is 0 Å². The van der Waals surface area contributed by atoms with Crippen molar-refractivity contribution >= 4 is 27.6 Å². The Hall–Kier alpha value is -3.12. The summed E-state index contributed by atoms with van der Waals surface area (Å²) in [5.41, 5.74) is 5.22. The molecule has 122 valence electrons. The van der Waals surface area contributed by atoms with Gasteiger partial charge < -0.3 is 4.42 Å². The van der Waals surface area contributed by atoms with Gasteiger partial charge in [0.2, 0.25) is 5.69 Å². The Morgan fingerprint density at radius 1 is 1.12 bits per heavy atom. The second-order valence-corrected chi connectivity index (χ2v) is 6.29. The van der Waals surface area contributed by atoms with Gasteiger partial charge in [0.1, 0.15) is 19.6 Å². The zero-order valence-electron chi connectivity index (χ0n) is 18.3. The Kier molecular flexibility index (Phi) is 2.50. The zero-order valence-corrected chi connectivity index (χ0v) is 14.3. The number of rotatable bonds is 1. The van der Waals surface area contributed by atoms with Gasteiger partial charge >= 0.3 is 0 Å². The van der Waals surface area contributed by atoms with Crippen LogP contribution in [0, 0.1) is 27.3 Å². The minimum Gasteiger partial charge on any atom is -0.456 e. The van der Waals surface area contributed by atoms with E-state index in [0.29, 0.717) is 22.5 Å². The van der Waals surface area contributed by atoms with Crippen LogP contribution in [0.25, 0.3) is 38.0 Å². The summed E-state index contributed by atoms with van der Waals surface area (Å²) in [6.07, 6.45) is -0.0545. The average Bonchev–Trinajstić information content (AvgIpc) is 3.00. The molecule has 3 nitrogen and oxygen atoms in total. The highest BCUT2D eigenvalue weighted by molar-refractivity contribution is 6.10. The number of furan rings is 1. The van der Waals surface area contributed by atoms with Crippen molar-refractivity contribution in [1.29, 1.82) is 0 Å². The molecule has 0 aliphatic heterocycles. The molecular weight excluding hydrogens is 308 g/mol. The molecule has 2 aromatic heterocycles. The maximum Gasteiger partial charge on any atom is 0.216 e. The maximum absolute atomic E-state index is 8.35. The number of pyridine rings is 1. The molecule has 0 radical (unpaired) electrons. The van der Waals surface area contributed by atoms with Gasteiger partial charge in [-0.2, -0.15) is 0 Å². The van der Waals surface area contributed by atoms with Gasteiger partial charge in [0.05, 0.1) is 12.1 Å². The van der Waals surface area contributed by atoms with E-state index in [1.807, 2.05) is 32.0 Å². The Morgan fingerprint density at radius 3 is 2.72 bits per heavy atom. The van der Waals surface area contributed by atoms with Crippen LogP contribution in [0.1, 0.15) is 22.2 Å². The standard InChI is InChI=1S/C22H19N2O/c1-13-6-9-19(24(5)12-13)21-14(2)7-8-16-17-10-15(3)18(23-4)11-20(17)25-22(16)21/h6-12H,1-3,5H3/q+1/i1D3,12D. The van der Waals surface area contributed by atoms with Crippen LogP contribution in [0.15, 0.2) is 47.0 Å². The fourth-order valence-electron chi connectivity index (χ4n) is 3.32. The van der Waals surface area contributed by atoms with Crippen molar-refractivity contribution in [1.82, 2.24) is 0 Å². The largest absolute Gasteiger partial charge is 0.456 e. The number of benzene rings is 2. The molecule has 4 aromatic rings. The highest BCUT2D eigenvalue weighted by Crippen LogP contribution is 2.39. The molecule has 0 spiro atoms. The van der Waals surface area contributed by atoms with Crippen LogP contribution in [0.5, 0.6) is 0 Å². The number of fused-ring (bicyclic) bond motifs is 3. The van der Waals surface area contributed by atoms with E-state index in [4.69, 9.17) is 16.5 Å². The number of aryl methyl sites for hydroxylation is 3. The summed E-state index contributed by atoms with van der Waals surface area (Å²) in [7, 11) is 1.69. The summed E-state index contributed by atoms with van der Waals surface area (Å²) in [5.74, 6) is 0. The second-order valence-electron chi connectivity index (χ2n) is 6.29. The molecule has 0 bridgehead atoms. The lowest BCUT2D eigenvalue weighted by Crippen LogP contribution is -2.31. The molecule has 0 aliphatic carbocycles. The van der Waals surface area contributed by atoms with Crippen molar-refractivity contribution in [3.05, 3.63) is 70.7 Å². The first-order chi connectivity index (χ1) is 13.6. The summed E-state index contributed by atoms with van der Waals surface area (Å²) >= 11 is 0. The fourth-order valence-corrected chi connectivity index (χ4v) is 3.32. The summed E-state index contributed by atoms with van der Waals surface area (Å²) in [4.78, 5) is 3.55. The Morgan fingerprint density at radius 2 is 1.96 bits per heavy atom. The van der Waals surface area contributed by atoms with Crippen LogP contribution < -0.4 is 4.57 Å². The summed E-state index contributed by atoms with van der Waals surface area (Å²) in [5, 5.41) is 1.85. The van der Waals surface area contributed by atoms with Crippen molar-refractivity contribution in [3.8, 4) is 11.3 Å². The predicted molar refractivity (Wildman–Crippen MR) is 101 cm³/mol. The van der Waals surface area contributed by atoms with Crippen LogP contribution >= 0.6 is 0 Å². The third-order valence-corrected chi connectivity index (χ3v) is 4.60. The predicted octanol–water partition coefficient (Wildman–Crippen LogP) is 5.55. The molecule has 2 heterocycles. The molecule has 0 atom stereocenters. The Labute approximate surface area is 152 Å². The first-order valence-corrected chi connectivity index (χ1v) is 7.98. The lowest BCUT2D eigenvalue weighted by atomic mass is 10.00. The number of aromatic nitrogens is 1. The van der Waals surface area contributed by atoms with Gasteiger partial charge in [0.15, 0.2) is 11.9 Å². The van der Waals surface area contributed by atoms with Gasteiger partial charge in [0, 0.05) is 26.5 Å². The van der Waals surface area contributed by atoms with E-state index in [1.54, 1.807) is 23.7 Å². The normalized spacial score (nSPS) is 14.0. The van der Waals surface area contributed by atoms with Gasteiger partial charge in [0.25, 0.3) is 0 Å². The van der Waals surface area contributed by atoms with E-state index in [-0.39, 0.29) is 11.7 Å². The molecule has 0 unspecified atom stereocenters. The van der Waals surface area contributed by atoms with Gasteiger partial charge in [-0.25, -0.2) is 9.41 Å². The average molecular weight is 331 g/mol. The van der Waals surface area contributed by atoms with Crippen LogP contribution in [-0.2, 0) is 7.05 Å². The third-order valence-electron chi connectivity index (χ3n) is 4.60. The molecule has 2 aromatic carbocycles. The van der Waals surface area contributed by atoms with Gasteiger partial charge in [-0.05, 0) is 44.0 Å². The highest BCUT2D eigenvalue weighted by Gasteiger charge is 2.20. The summed E-state index contributed by atoms with van der Waals surface area (Å²) in [6, 6.07) is 10.9. The quantitative estimate of drug-likeness (QED) is 0.331.